The SMILES string of the molecule is C/C(=C\C(=NC(=N)c1ccc(Oc2ccc(F)cc2)cc1)C(N)=O)N1CCNCC1C(N)=O. The average Bonchev–Trinajstić information content (AvgIpc) is 2.80. The summed E-state index contributed by atoms with van der Waals surface area (Å²) in [6, 6.07) is 11.5. The minimum Gasteiger partial charge on any atom is -0.457 e. The number of carbonyl (C=O) groups is 2. The number of piperazine rings is 1. The van der Waals surface area contributed by atoms with Crippen LogP contribution in [-0.4, -0.2) is 53.9 Å². The van der Waals surface area contributed by atoms with E-state index in [1.54, 1.807) is 36.1 Å². The minimum absolute atomic E-state index is 0.120. The van der Waals surface area contributed by atoms with Crippen molar-refractivity contribution in [2.24, 2.45) is 16.5 Å². The number of nitrogens with two attached hydrogens (primary N) is 2. The third-order valence-corrected chi connectivity index (χ3v) is 5.03. The third-order valence-electron chi connectivity index (χ3n) is 5.03. The first-order valence-electron chi connectivity index (χ1n) is 10.2. The molecule has 172 valence electrons. The number of amidine groups is 1. The number of nitrogens with one attached hydrogen (secondary N) is 2. The Bertz CT molecular complexity index is 1100. The largest absolute Gasteiger partial charge is 0.457 e. The first-order valence-corrected chi connectivity index (χ1v) is 10.2. The van der Waals surface area contributed by atoms with Crippen LogP contribution >= 0.6 is 0 Å². The van der Waals surface area contributed by atoms with Gasteiger partial charge in [-0.05, 0) is 61.5 Å². The number of allylic oxidation sites excluding steroid dienone is 1. The molecule has 1 saturated heterocycles. The Morgan fingerprint density at radius 1 is 1.15 bits per heavy atom. The van der Waals surface area contributed by atoms with Gasteiger partial charge in [-0.1, -0.05) is 0 Å². The van der Waals surface area contributed by atoms with Gasteiger partial charge in [-0.15, -0.1) is 0 Å². The number of hydrogen-bond acceptors (Lipinski definition) is 6. The lowest BCUT2D eigenvalue weighted by atomic mass is 10.1. The van der Waals surface area contributed by atoms with E-state index in [1.807, 2.05) is 0 Å². The van der Waals surface area contributed by atoms with E-state index in [-0.39, 0.29) is 17.4 Å². The van der Waals surface area contributed by atoms with Crippen molar-refractivity contribution in [3.63, 3.8) is 0 Å². The number of amides is 2. The molecule has 9 nitrogen and oxygen atoms in total. The van der Waals surface area contributed by atoms with E-state index in [4.69, 9.17) is 21.6 Å². The van der Waals surface area contributed by atoms with Crippen LogP contribution in [0, 0.1) is 11.2 Å². The van der Waals surface area contributed by atoms with Crippen LogP contribution in [-0.2, 0) is 9.59 Å². The zero-order valence-electron chi connectivity index (χ0n) is 18.0. The number of rotatable bonds is 7. The lowest BCUT2D eigenvalue weighted by molar-refractivity contribution is -0.123. The molecule has 10 heteroatoms. The van der Waals surface area contributed by atoms with Crippen molar-refractivity contribution in [2.45, 2.75) is 13.0 Å². The van der Waals surface area contributed by atoms with Gasteiger partial charge in [0.15, 0.2) is 5.84 Å². The van der Waals surface area contributed by atoms with E-state index < -0.39 is 17.9 Å². The maximum absolute atomic E-state index is 13.0. The molecule has 0 radical (unpaired) electrons. The zero-order valence-corrected chi connectivity index (χ0v) is 18.0. The molecule has 33 heavy (non-hydrogen) atoms. The highest BCUT2D eigenvalue weighted by atomic mass is 19.1. The minimum atomic E-state index is -0.805. The number of carbonyl (C=O) groups excluding carboxylic acids is 2. The molecule has 0 saturated carbocycles. The predicted octanol–water partition coefficient (Wildman–Crippen LogP) is 1.53. The Morgan fingerprint density at radius 3 is 2.33 bits per heavy atom. The lowest BCUT2D eigenvalue weighted by Crippen LogP contribution is -2.56. The van der Waals surface area contributed by atoms with Crippen LogP contribution in [0.3, 0.4) is 0 Å². The molecule has 0 spiro atoms. The molecule has 1 unspecified atom stereocenters. The fourth-order valence-corrected chi connectivity index (χ4v) is 3.32. The number of nitrogens with zero attached hydrogens (tertiary/aromatic N) is 2. The topological polar surface area (TPSA) is 147 Å². The molecule has 1 atom stereocenters. The van der Waals surface area contributed by atoms with Crippen molar-refractivity contribution in [1.82, 2.24) is 10.2 Å². The number of hydrogen-bond donors (Lipinski definition) is 4. The molecular formula is C23H25FN6O3. The highest BCUT2D eigenvalue weighted by Crippen LogP contribution is 2.22. The van der Waals surface area contributed by atoms with Crippen molar-refractivity contribution in [3.05, 3.63) is 71.7 Å². The number of aliphatic imine (C=N–C) groups is 1. The first kappa shape index (κ1) is 23.6. The Hall–Kier alpha value is -4.05. The maximum Gasteiger partial charge on any atom is 0.267 e. The van der Waals surface area contributed by atoms with Crippen molar-refractivity contribution >= 4 is 23.4 Å². The van der Waals surface area contributed by atoms with Crippen LogP contribution in [0.1, 0.15) is 12.5 Å². The second-order valence-corrected chi connectivity index (χ2v) is 7.39. The van der Waals surface area contributed by atoms with Crippen molar-refractivity contribution in [1.29, 1.82) is 5.41 Å². The Balaban J connectivity index is 1.76. The van der Waals surface area contributed by atoms with Crippen molar-refractivity contribution < 1.29 is 18.7 Å². The molecule has 1 fully saturated rings. The normalized spacial score (nSPS) is 16.9. The summed E-state index contributed by atoms with van der Waals surface area (Å²) in [5.41, 5.74) is 11.9. The van der Waals surface area contributed by atoms with Crippen molar-refractivity contribution in [2.75, 3.05) is 19.6 Å². The summed E-state index contributed by atoms with van der Waals surface area (Å²) in [7, 11) is 0. The molecule has 0 aliphatic carbocycles. The standard InChI is InChI=1S/C23H25FN6O3/c1-14(30-11-10-28-13-20(30)23(27)32)12-19(22(26)31)29-21(25)15-2-6-17(7-3-15)33-18-8-4-16(24)5-9-18/h2-9,12,20,25,28H,10-11,13H2,1H3,(H2,26,31)(H2,27,32)/b14-12+,25-21?,29-19?. The van der Waals surface area contributed by atoms with E-state index in [0.717, 1.165) is 0 Å². The number of benzene rings is 2. The molecule has 1 aliphatic rings. The number of primary amides is 2. The Labute approximate surface area is 190 Å². The molecule has 6 N–H and O–H groups in total. The van der Waals surface area contributed by atoms with Gasteiger partial charge in [0.05, 0.1) is 0 Å². The predicted molar refractivity (Wildman–Crippen MR) is 123 cm³/mol. The van der Waals surface area contributed by atoms with Gasteiger partial charge in [0, 0.05) is 30.9 Å². The van der Waals surface area contributed by atoms with Crippen molar-refractivity contribution in [3.8, 4) is 11.5 Å². The summed E-state index contributed by atoms with van der Waals surface area (Å²) < 4.78 is 18.6. The van der Waals surface area contributed by atoms with Crippen LogP contribution < -0.4 is 21.5 Å². The van der Waals surface area contributed by atoms with Crippen LogP contribution in [0.4, 0.5) is 4.39 Å². The first-order chi connectivity index (χ1) is 15.7. The molecule has 0 aromatic heterocycles. The molecular weight excluding hydrogens is 427 g/mol. The second kappa shape index (κ2) is 10.5. The summed E-state index contributed by atoms with van der Waals surface area (Å²) >= 11 is 0. The Kier molecular flexibility index (Phi) is 7.52. The molecule has 2 aromatic carbocycles. The monoisotopic (exact) mass is 452 g/mol. The fraction of sp³-hybridized carbons (Fsp3) is 0.217. The van der Waals surface area contributed by atoms with Gasteiger partial charge in [0.2, 0.25) is 5.91 Å². The van der Waals surface area contributed by atoms with Gasteiger partial charge < -0.3 is 26.4 Å². The number of halogens is 1. The summed E-state index contributed by atoms with van der Waals surface area (Å²) in [4.78, 5) is 29.6. The quantitative estimate of drug-likeness (QED) is 0.372. The molecule has 2 amide bonds. The fourth-order valence-electron chi connectivity index (χ4n) is 3.32. The molecule has 2 aromatic rings. The van der Waals surface area contributed by atoms with E-state index in [2.05, 4.69) is 10.3 Å². The van der Waals surface area contributed by atoms with Crippen LogP contribution in [0.5, 0.6) is 11.5 Å². The third kappa shape index (κ3) is 6.23. The lowest BCUT2D eigenvalue weighted by Gasteiger charge is -2.36. The highest BCUT2D eigenvalue weighted by Gasteiger charge is 2.27. The van der Waals surface area contributed by atoms with E-state index >= 15 is 0 Å². The van der Waals surface area contributed by atoms with Gasteiger partial charge in [-0.25, -0.2) is 9.38 Å². The van der Waals surface area contributed by atoms with E-state index in [1.165, 1.54) is 30.3 Å². The molecule has 1 aliphatic heterocycles. The second-order valence-electron chi connectivity index (χ2n) is 7.39. The van der Waals surface area contributed by atoms with Gasteiger partial charge in [-0.3, -0.25) is 15.0 Å². The van der Waals surface area contributed by atoms with Gasteiger partial charge in [-0.2, -0.15) is 0 Å². The Morgan fingerprint density at radius 2 is 1.76 bits per heavy atom. The van der Waals surface area contributed by atoms with Crippen LogP contribution in [0.25, 0.3) is 0 Å². The van der Waals surface area contributed by atoms with Gasteiger partial charge in [0.1, 0.15) is 29.1 Å². The summed E-state index contributed by atoms with van der Waals surface area (Å²) in [6.45, 7) is 3.30. The van der Waals surface area contributed by atoms with Crippen LogP contribution in [0.15, 0.2) is 65.3 Å². The van der Waals surface area contributed by atoms with Crippen LogP contribution in [0.2, 0.25) is 0 Å². The summed E-state index contributed by atoms with van der Waals surface area (Å²) in [5, 5.41) is 11.4. The van der Waals surface area contributed by atoms with E-state index in [0.29, 0.717) is 42.4 Å². The van der Waals surface area contributed by atoms with Gasteiger partial charge >= 0.3 is 0 Å². The highest BCUT2D eigenvalue weighted by molar-refractivity contribution is 6.44. The smallest absolute Gasteiger partial charge is 0.267 e. The molecule has 1 heterocycles. The molecule has 3 rings (SSSR count). The van der Waals surface area contributed by atoms with Gasteiger partial charge in [0.25, 0.3) is 5.91 Å². The summed E-state index contributed by atoms with van der Waals surface area (Å²) in [6.07, 6.45) is 1.45. The number of ether oxygens (including phenoxy) is 1. The maximum atomic E-state index is 13.0. The summed E-state index contributed by atoms with van der Waals surface area (Å²) in [5.74, 6) is -0.863. The average molecular weight is 452 g/mol. The molecule has 0 bridgehead atoms. The zero-order chi connectivity index (χ0) is 24.0. The van der Waals surface area contributed by atoms with E-state index in [9.17, 15) is 14.0 Å².